The van der Waals surface area contributed by atoms with Crippen LogP contribution in [0.2, 0.25) is 0 Å². The molecule has 0 radical (unpaired) electrons. The van der Waals surface area contributed by atoms with Crippen molar-refractivity contribution in [3.05, 3.63) is 102 Å². The Hall–Kier alpha value is -4.37. The van der Waals surface area contributed by atoms with Crippen molar-refractivity contribution in [3.8, 4) is 22.8 Å². The van der Waals surface area contributed by atoms with Crippen molar-refractivity contribution in [3.63, 3.8) is 0 Å². The molecule has 196 valence electrons. The van der Waals surface area contributed by atoms with E-state index in [4.69, 9.17) is 9.11 Å². The van der Waals surface area contributed by atoms with E-state index in [0.29, 0.717) is 23.4 Å². The van der Waals surface area contributed by atoms with E-state index in [0.717, 1.165) is 5.56 Å². The van der Waals surface area contributed by atoms with E-state index in [1.54, 1.807) is 0 Å². The first-order valence-electron chi connectivity index (χ1n) is 10.7. The molecule has 12 nitrogen and oxygen atoms in total. The van der Waals surface area contributed by atoms with E-state index in [2.05, 4.69) is 23.7 Å². The highest BCUT2D eigenvalue weighted by Crippen LogP contribution is 2.25. The highest BCUT2D eigenvalue weighted by atomic mass is 32.3. The maximum absolute atomic E-state index is 12.9. The van der Waals surface area contributed by atoms with Crippen LogP contribution in [0.3, 0.4) is 0 Å². The zero-order valence-corrected chi connectivity index (χ0v) is 20.9. The van der Waals surface area contributed by atoms with Crippen molar-refractivity contribution in [1.82, 2.24) is 9.97 Å². The quantitative estimate of drug-likeness (QED) is 0.257. The highest BCUT2D eigenvalue weighted by molar-refractivity contribution is 7.81. The molecule has 0 bridgehead atoms. The number of nitrogens with zero attached hydrogens (tertiary/aromatic N) is 2. The van der Waals surface area contributed by atoms with Crippen molar-refractivity contribution in [1.29, 1.82) is 0 Å². The Labute approximate surface area is 217 Å². The molecular weight excluding hydrogens is 538 g/mol. The van der Waals surface area contributed by atoms with Crippen LogP contribution >= 0.6 is 0 Å². The molecule has 0 aliphatic rings. The third-order valence-corrected chi connectivity index (χ3v) is 5.77. The molecule has 3 N–H and O–H groups in total. The van der Waals surface area contributed by atoms with Gasteiger partial charge in [0.05, 0.1) is 17.6 Å². The lowest BCUT2D eigenvalue weighted by Gasteiger charge is -2.12. The second-order valence-electron chi connectivity index (χ2n) is 7.74. The summed E-state index contributed by atoms with van der Waals surface area (Å²) in [6.45, 7) is 0. The molecule has 0 saturated carbocycles. The van der Waals surface area contributed by atoms with Gasteiger partial charge in [-0.05, 0) is 54.1 Å². The van der Waals surface area contributed by atoms with Crippen LogP contribution < -0.4 is 13.7 Å². The minimum Gasteiger partial charge on any atom is -0.362 e. The van der Waals surface area contributed by atoms with Gasteiger partial charge in [-0.2, -0.15) is 16.8 Å². The molecule has 1 aromatic heterocycles. The summed E-state index contributed by atoms with van der Waals surface area (Å²) in [6.07, 6.45) is 1.74. The lowest BCUT2D eigenvalue weighted by Crippen LogP contribution is -2.16. The van der Waals surface area contributed by atoms with Crippen molar-refractivity contribution >= 4 is 32.5 Å². The Bertz CT molecular complexity index is 1660. The number of benzene rings is 3. The summed E-state index contributed by atoms with van der Waals surface area (Å²) in [5, 5.41) is 2.69. The molecule has 1 amide bonds. The molecule has 4 rings (SSSR count). The molecule has 14 heteroatoms. The predicted molar refractivity (Wildman–Crippen MR) is 135 cm³/mol. The van der Waals surface area contributed by atoms with Gasteiger partial charge in [-0.25, -0.2) is 9.97 Å². The standard InChI is InChI=1S/C24H19N3O9S2/c28-24(18-8-12-20(13-9-18)36-38(32,33)34)27-23-21(14-16-4-2-1-3-5-16)26-22(15-25-23)17-6-10-19(11-7-17)35-37(29,30)31/h1-13,15H,14H2,(H,25,27,28)(H,29,30,31)(H,32,33,34). The first kappa shape index (κ1) is 26.7. The first-order valence-corrected chi connectivity index (χ1v) is 13.4. The fourth-order valence-corrected chi connectivity index (χ4v) is 4.06. The average molecular weight is 558 g/mol. The third kappa shape index (κ3) is 7.57. The van der Waals surface area contributed by atoms with E-state index in [1.807, 2.05) is 30.3 Å². The van der Waals surface area contributed by atoms with Gasteiger partial charge in [0.2, 0.25) is 0 Å². The van der Waals surface area contributed by atoms with E-state index in [1.165, 1.54) is 54.7 Å². The van der Waals surface area contributed by atoms with Gasteiger partial charge in [0.1, 0.15) is 11.5 Å². The van der Waals surface area contributed by atoms with Gasteiger partial charge in [0.15, 0.2) is 5.82 Å². The van der Waals surface area contributed by atoms with Gasteiger partial charge >= 0.3 is 20.8 Å². The first-order chi connectivity index (χ1) is 17.9. The van der Waals surface area contributed by atoms with Crippen LogP contribution in [0.25, 0.3) is 11.3 Å². The summed E-state index contributed by atoms with van der Waals surface area (Å²) in [6, 6.07) is 20.1. The highest BCUT2D eigenvalue weighted by Gasteiger charge is 2.16. The van der Waals surface area contributed by atoms with Crippen molar-refractivity contribution in [2.75, 3.05) is 5.32 Å². The van der Waals surface area contributed by atoms with Gasteiger partial charge in [0, 0.05) is 17.5 Å². The topological polar surface area (TPSA) is 182 Å². The molecule has 0 fully saturated rings. The minimum atomic E-state index is -4.70. The lowest BCUT2D eigenvalue weighted by molar-refractivity contribution is 0.102. The van der Waals surface area contributed by atoms with Crippen molar-refractivity contribution < 1.29 is 39.1 Å². The zero-order valence-electron chi connectivity index (χ0n) is 19.3. The average Bonchev–Trinajstić information content (AvgIpc) is 2.85. The predicted octanol–water partition coefficient (Wildman–Crippen LogP) is 3.35. The van der Waals surface area contributed by atoms with Crippen LogP contribution in [-0.2, 0) is 27.2 Å². The number of carbonyl (C=O) groups excluding carboxylic acids is 1. The summed E-state index contributed by atoms with van der Waals surface area (Å²) in [5.41, 5.74) is 2.50. The van der Waals surface area contributed by atoms with Crippen LogP contribution in [0.4, 0.5) is 5.82 Å². The number of amides is 1. The van der Waals surface area contributed by atoms with Crippen LogP contribution in [0, 0.1) is 0 Å². The smallest absolute Gasteiger partial charge is 0.362 e. The van der Waals surface area contributed by atoms with E-state index < -0.39 is 26.7 Å². The molecule has 3 aromatic carbocycles. The van der Waals surface area contributed by atoms with Gasteiger partial charge < -0.3 is 13.7 Å². The zero-order chi connectivity index (χ0) is 27.3. The van der Waals surface area contributed by atoms with Crippen LogP contribution in [-0.4, -0.2) is 41.8 Å². The molecular formula is C24H19N3O9S2. The molecule has 0 atom stereocenters. The number of rotatable bonds is 9. The monoisotopic (exact) mass is 557 g/mol. The van der Waals surface area contributed by atoms with Crippen molar-refractivity contribution in [2.45, 2.75) is 6.42 Å². The van der Waals surface area contributed by atoms with Gasteiger partial charge in [-0.1, -0.05) is 30.3 Å². The molecule has 0 unspecified atom stereocenters. The van der Waals surface area contributed by atoms with E-state index in [-0.39, 0.29) is 22.9 Å². The second-order valence-corrected chi connectivity index (χ2v) is 9.78. The summed E-state index contributed by atoms with van der Waals surface area (Å²) in [4.78, 5) is 21.9. The number of aromatic nitrogens is 2. The normalized spacial score (nSPS) is 11.5. The van der Waals surface area contributed by atoms with Crippen LogP contribution in [0.15, 0.2) is 85.1 Å². The summed E-state index contributed by atoms with van der Waals surface area (Å²) < 4.78 is 69.9. The molecule has 4 aromatic rings. The number of hydrogen-bond donors (Lipinski definition) is 3. The lowest BCUT2D eigenvalue weighted by atomic mass is 10.1. The molecule has 0 spiro atoms. The Morgan fingerprint density at radius 2 is 1.34 bits per heavy atom. The number of nitrogens with one attached hydrogen (secondary N) is 1. The summed E-state index contributed by atoms with van der Waals surface area (Å²) in [5.74, 6) is -0.629. The minimum absolute atomic E-state index is 0.0920. The SMILES string of the molecule is O=C(Nc1ncc(-c2ccc(OS(=O)(=O)O)cc2)nc1Cc1ccccc1)c1ccc(OS(=O)(=O)O)cc1. The Kier molecular flexibility index (Phi) is 7.68. The van der Waals surface area contributed by atoms with Gasteiger partial charge in [-0.15, -0.1) is 0 Å². The fourth-order valence-electron chi connectivity index (χ4n) is 3.35. The Balaban J connectivity index is 1.61. The van der Waals surface area contributed by atoms with Gasteiger partial charge in [-0.3, -0.25) is 13.9 Å². The second kappa shape index (κ2) is 10.9. The Morgan fingerprint density at radius 3 is 1.89 bits per heavy atom. The maximum atomic E-state index is 12.9. The summed E-state index contributed by atoms with van der Waals surface area (Å²) in [7, 11) is -9.36. The van der Waals surface area contributed by atoms with E-state index >= 15 is 0 Å². The van der Waals surface area contributed by atoms with E-state index in [9.17, 15) is 21.6 Å². The molecule has 0 aliphatic heterocycles. The molecule has 38 heavy (non-hydrogen) atoms. The number of anilines is 1. The maximum Gasteiger partial charge on any atom is 0.446 e. The van der Waals surface area contributed by atoms with Crippen LogP contribution in [0.1, 0.15) is 21.6 Å². The summed E-state index contributed by atoms with van der Waals surface area (Å²) >= 11 is 0. The van der Waals surface area contributed by atoms with Crippen molar-refractivity contribution in [2.24, 2.45) is 0 Å². The molecule has 0 saturated heterocycles. The van der Waals surface area contributed by atoms with Gasteiger partial charge in [0.25, 0.3) is 5.91 Å². The van der Waals surface area contributed by atoms with Crippen LogP contribution in [0.5, 0.6) is 11.5 Å². The largest absolute Gasteiger partial charge is 0.446 e. The number of hydrogen-bond acceptors (Lipinski definition) is 9. The number of carbonyl (C=O) groups is 1. The molecule has 0 aliphatic carbocycles. The fraction of sp³-hybridized carbons (Fsp3) is 0.0417. The third-order valence-electron chi connectivity index (χ3n) is 4.96. The Morgan fingerprint density at radius 1 is 0.789 bits per heavy atom. The molecule has 1 heterocycles.